The number of hydrogen-bond acceptors (Lipinski definition) is 2. The second kappa shape index (κ2) is 7.16. The van der Waals surface area contributed by atoms with Gasteiger partial charge in [0, 0.05) is 6.54 Å². The van der Waals surface area contributed by atoms with Crippen molar-refractivity contribution < 1.29 is 27.9 Å². The zero-order valence-corrected chi connectivity index (χ0v) is 12.5. The number of hydrogen-bond donors (Lipinski definition) is 1. The van der Waals surface area contributed by atoms with Crippen LogP contribution in [0.1, 0.15) is 15.9 Å². The van der Waals surface area contributed by atoms with E-state index in [4.69, 9.17) is 5.11 Å². The Kier molecular flexibility index (Phi) is 5.23. The van der Waals surface area contributed by atoms with E-state index in [0.717, 1.165) is 11.6 Å². The molecule has 0 spiro atoms. The molecule has 0 aliphatic carbocycles. The molecule has 0 aromatic heterocycles. The number of anilines is 1. The topological polar surface area (TPSA) is 57.6 Å². The number of carbonyl (C=O) groups excluding carboxylic acids is 1. The molecule has 0 radical (unpaired) electrons. The van der Waals surface area contributed by atoms with Crippen molar-refractivity contribution in [2.45, 2.75) is 12.6 Å². The van der Waals surface area contributed by atoms with E-state index < -0.39 is 18.1 Å². The van der Waals surface area contributed by atoms with E-state index in [1.54, 1.807) is 30.3 Å². The zero-order chi connectivity index (χ0) is 17.7. The van der Waals surface area contributed by atoms with Crippen molar-refractivity contribution in [2.24, 2.45) is 0 Å². The summed E-state index contributed by atoms with van der Waals surface area (Å²) in [4.78, 5) is 23.5. The monoisotopic (exact) mass is 337 g/mol. The number of carbonyl (C=O) groups is 2. The summed E-state index contributed by atoms with van der Waals surface area (Å²) in [6, 6.07) is 13.8. The van der Waals surface area contributed by atoms with Crippen molar-refractivity contribution in [1.82, 2.24) is 0 Å². The third-order valence-corrected chi connectivity index (χ3v) is 3.38. The van der Waals surface area contributed by atoms with Gasteiger partial charge in [-0.15, -0.1) is 0 Å². The van der Waals surface area contributed by atoms with Gasteiger partial charge >= 0.3 is 18.1 Å². The lowest BCUT2D eigenvalue weighted by Crippen LogP contribution is -2.43. The third kappa shape index (κ3) is 4.13. The van der Waals surface area contributed by atoms with Crippen LogP contribution in [0.15, 0.2) is 54.6 Å². The highest BCUT2D eigenvalue weighted by Gasteiger charge is 2.43. The van der Waals surface area contributed by atoms with E-state index in [2.05, 4.69) is 0 Å². The van der Waals surface area contributed by atoms with E-state index in [-0.39, 0.29) is 24.2 Å². The summed E-state index contributed by atoms with van der Waals surface area (Å²) in [5, 5.41) is 9.17. The largest absolute Gasteiger partial charge is 0.478 e. The number of nitrogens with zero attached hydrogens (tertiary/aromatic N) is 1. The van der Waals surface area contributed by atoms with Gasteiger partial charge in [0.05, 0.1) is 11.3 Å². The Morgan fingerprint density at radius 3 is 2.12 bits per heavy atom. The highest BCUT2D eigenvalue weighted by Crippen LogP contribution is 2.27. The lowest BCUT2D eigenvalue weighted by Gasteiger charge is -2.25. The van der Waals surface area contributed by atoms with Gasteiger partial charge in [-0.25, -0.2) is 4.79 Å². The van der Waals surface area contributed by atoms with E-state index >= 15 is 0 Å². The van der Waals surface area contributed by atoms with Crippen LogP contribution in [0.5, 0.6) is 0 Å². The number of alkyl halides is 3. The predicted molar refractivity (Wildman–Crippen MR) is 82.0 cm³/mol. The Hall–Kier alpha value is -2.83. The third-order valence-electron chi connectivity index (χ3n) is 3.38. The summed E-state index contributed by atoms with van der Waals surface area (Å²) in [5.74, 6) is -3.49. The summed E-state index contributed by atoms with van der Waals surface area (Å²) in [5.41, 5.74) is 0.108. The lowest BCUT2D eigenvalue weighted by molar-refractivity contribution is -0.170. The molecule has 2 aromatic rings. The molecule has 0 unspecified atom stereocenters. The summed E-state index contributed by atoms with van der Waals surface area (Å²) in [6.07, 6.45) is -4.93. The first-order valence-electron chi connectivity index (χ1n) is 7.05. The minimum absolute atomic E-state index is 0.163. The fourth-order valence-corrected chi connectivity index (χ4v) is 2.26. The molecule has 1 N–H and O–H groups in total. The fourth-order valence-electron chi connectivity index (χ4n) is 2.26. The zero-order valence-electron chi connectivity index (χ0n) is 12.5. The fraction of sp³-hybridized carbons (Fsp3) is 0.176. The predicted octanol–water partition coefficient (Wildman–Crippen LogP) is 3.52. The summed E-state index contributed by atoms with van der Waals surface area (Å²) in [6.45, 7) is -0.285. The first-order valence-corrected chi connectivity index (χ1v) is 7.05. The smallest absolute Gasteiger partial charge is 0.471 e. The first kappa shape index (κ1) is 17.5. The average molecular weight is 337 g/mol. The molecule has 0 saturated carbocycles. The number of amides is 1. The molecule has 4 nitrogen and oxygen atoms in total. The normalized spacial score (nSPS) is 11.1. The number of benzene rings is 2. The minimum Gasteiger partial charge on any atom is -0.478 e. The van der Waals surface area contributed by atoms with Gasteiger partial charge in [0.15, 0.2) is 0 Å². The molecule has 2 rings (SSSR count). The number of carboxylic acids is 1. The number of rotatable bonds is 5. The quantitative estimate of drug-likeness (QED) is 0.908. The van der Waals surface area contributed by atoms with E-state index in [1.165, 1.54) is 18.2 Å². The molecular formula is C17H14F3NO3. The SMILES string of the molecule is O=C(O)c1ccccc1N(CCc1ccccc1)C(=O)C(F)(F)F. The highest BCUT2D eigenvalue weighted by atomic mass is 19.4. The van der Waals surface area contributed by atoms with Crippen molar-refractivity contribution >= 4 is 17.6 Å². The van der Waals surface area contributed by atoms with Crippen LogP contribution in [0.25, 0.3) is 0 Å². The molecule has 126 valence electrons. The van der Waals surface area contributed by atoms with Gasteiger partial charge in [-0.1, -0.05) is 42.5 Å². The summed E-state index contributed by atoms with van der Waals surface area (Å²) in [7, 11) is 0. The van der Waals surface area contributed by atoms with Crippen LogP contribution < -0.4 is 4.90 Å². The molecule has 7 heteroatoms. The summed E-state index contributed by atoms with van der Waals surface area (Å²) >= 11 is 0. The summed E-state index contributed by atoms with van der Waals surface area (Å²) < 4.78 is 38.7. The molecule has 0 aliphatic heterocycles. The van der Waals surface area contributed by atoms with Gasteiger partial charge < -0.3 is 10.0 Å². The Morgan fingerprint density at radius 1 is 0.958 bits per heavy atom. The number of aromatic carboxylic acids is 1. The van der Waals surface area contributed by atoms with Gasteiger partial charge in [-0.05, 0) is 24.1 Å². The molecule has 0 bridgehead atoms. The van der Waals surface area contributed by atoms with Gasteiger partial charge in [0.1, 0.15) is 0 Å². The molecule has 2 aromatic carbocycles. The molecule has 0 atom stereocenters. The van der Waals surface area contributed by atoms with E-state index in [9.17, 15) is 22.8 Å². The second-order valence-electron chi connectivity index (χ2n) is 5.01. The van der Waals surface area contributed by atoms with Gasteiger partial charge in [0.2, 0.25) is 0 Å². The Bertz CT molecular complexity index is 729. The van der Waals surface area contributed by atoms with Crippen LogP contribution in [-0.4, -0.2) is 29.7 Å². The Labute approximate surface area is 136 Å². The molecule has 24 heavy (non-hydrogen) atoms. The van der Waals surface area contributed by atoms with E-state index in [1.807, 2.05) is 0 Å². The van der Waals surface area contributed by atoms with Crippen molar-refractivity contribution in [3.63, 3.8) is 0 Å². The van der Waals surface area contributed by atoms with Crippen LogP contribution in [0.3, 0.4) is 0 Å². The average Bonchev–Trinajstić information content (AvgIpc) is 2.55. The lowest BCUT2D eigenvalue weighted by atomic mass is 10.1. The first-order chi connectivity index (χ1) is 11.3. The maximum absolute atomic E-state index is 12.9. The molecule has 1 amide bonds. The maximum Gasteiger partial charge on any atom is 0.471 e. The molecular weight excluding hydrogens is 323 g/mol. The van der Waals surface area contributed by atoms with Gasteiger partial charge in [-0.2, -0.15) is 13.2 Å². The van der Waals surface area contributed by atoms with E-state index in [0.29, 0.717) is 4.90 Å². The van der Waals surface area contributed by atoms with Crippen molar-refractivity contribution in [1.29, 1.82) is 0 Å². The van der Waals surface area contributed by atoms with Crippen molar-refractivity contribution in [2.75, 3.05) is 11.4 Å². The number of carboxylic acid groups (broad SMARTS) is 1. The van der Waals surface area contributed by atoms with Crippen molar-refractivity contribution in [3.05, 3.63) is 65.7 Å². The van der Waals surface area contributed by atoms with Gasteiger partial charge in [-0.3, -0.25) is 4.79 Å². The minimum atomic E-state index is -5.09. The van der Waals surface area contributed by atoms with Crippen molar-refractivity contribution in [3.8, 4) is 0 Å². The van der Waals surface area contributed by atoms with Crippen LogP contribution in [0.4, 0.5) is 18.9 Å². The standard InChI is InChI=1S/C17H14F3NO3/c18-17(19,20)16(24)21(11-10-12-6-2-1-3-7-12)14-9-5-4-8-13(14)15(22)23/h1-9H,10-11H2,(H,22,23). The number of halogens is 3. The molecule has 0 aliphatic rings. The highest BCUT2D eigenvalue weighted by molar-refractivity contribution is 6.03. The van der Waals surface area contributed by atoms with Gasteiger partial charge in [0.25, 0.3) is 0 Å². The molecule has 0 saturated heterocycles. The Balaban J connectivity index is 2.37. The molecule has 0 fully saturated rings. The number of para-hydroxylation sites is 1. The van der Waals surface area contributed by atoms with Crippen LogP contribution in [0, 0.1) is 0 Å². The van der Waals surface area contributed by atoms with Crippen LogP contribution in [0.2, 0.25) is 0 Å². The van der Waals surface area contributed by atoms with Crippen LogP contribution >= 0.6 is 0 Å². The second-order valence-corrected chi connectivity index (χ2v) is 5.01. The Morgan fingerprint density at radius 2 is 1.54 bits per heavy atom. The molecule has 0 heterocycles. The van der Waals surface area contributed by atoms with Crippen LogP contribution in [-0.2, 0) is 11.2 Å². The maximum atomic E-state index is 12.9.